The van der Waals surface area contributed by atoms with Crippen molar-refractivity contribution in [2.75, 3.05) is 58.6 Å². The van der Waals surface area contributed by atoms with Gasteiger partial charge in [0.05, 0.1) is 32.6 Å². The van der Waals surface area contributed by atoms with Crippen molar-refractivity contribution >= 4 is 17.6 Å². The van der Waals surface area contributed by atoms with Crippen LogP contribution in [0.2, 0.25) is 0 Å². The van der Waals surface area contributed by atoms with Crippen molar-refractivity contribution in [1.82, 2.24) is 10.2 Å². The summed E-state index contributed by atoms with van der Waals surface area (Å²) >= 11 is 0. The van der Waals surface area contributed by atoms with E-state index in [1.807, 2.05) is 24.3 Å². The second-order valence-corrected chi connectivity index (χ2v) is 7.03. The Labute approximate surface area is 180 Å². The van der Waals surface area contributed by atoms with Gasteiger partial charge in [-0.3, -0.25) is 20.0 Å². The van der Waals surface area contributed by atoms with E-state index in [1.165, 1.54) is 0 Å². The number of para-hydroxylation sites is 2. The monoisotopic (exact) mass is 426 g/mol. The Balaban J connectivity index is 1.48. The summed E-state index contributed by atoms with van der Waals surface area (Å²) in [6, 6.07) is 12.5. The minimum Gasteiger partial charge on any atom is -0.495 e. The van der Waals surface area contributed by atoms with E-state index >= 15 is 0 Å². The van der Waals surface area contributed by atoms with Crippen LogP contribution in [0.15, 0.2) is 47.5 Å². The number of rotatable bonds is 6. The largest absolute Gasteiger partial charge is 0.495 e. The first-order valence-electron chi connectivity index (χ1n) is 10.2. The summed E-state index contributed by atoms with van der Waals surface area (Å²) < 4.78 is 21.5. The molecule has 2 N–H and O–H groups in total. The van der Waals surface area contributed by atoms with Crippen LogP contribution in [0.25, 0.3) is 0 Å². The summed E-state index contributed by atoms with van der Waals surface area (Å²) in [6.45, 7) is 4.69. The van der Waals surface area contributed by atoms with Gasteiger partial charge in [-0.1, -0.05) is 12.1 Å². The number of nitrogens with zero attached hydrogens (tertiary/aromatic N) is 2. The summed E-state index contributed by atoms with van der Waals surface area (Å²) in [7, 11) is 1.60. The number of hydrogen-bond donors (Lipinski definition) is 2. The number of amides is 1. The Morgan fingerprint density at radius 1 is 1.13 bits per heavy atom. The summed E-state index contributed by atoms with van der Waals surface area (Å²) in [5.41, 5.74) is 1.16. The van der Waals surface area contributed by atoms with E-state index in [2.05, 4.69) is 20.5 Å². The van der Waals surface area contributed by atoms with E-state index in [4.69, 9.17) is 18.9 Å². The molecule has 1 fully saturated rings. The molecule has 1 saturated heterocycles. The second kappa shape index (κ2) is 10.1. The van der Waals surface area contributed by atoms with Crippen LogP contribution in [0.3, 0.4) is 0 Å². The fourth-order valence-electron chi connectivity index (χ4n) is 3.33. The van der Waals surface area contributed by atoms with Gasteiger partial charge in [0.15, 0.2) is 11.5 Å². The van der Waals surface area contributed by atoms with Crippen molar-refractivity contribution < 1.29 is 23.7 Å². The second-order valence-electron chi connectivity index (χ2n) is 7.03. The third-order valence-corrected chi connectivity index (χ3v) is 5.02. The predicted octanol–water partition coefficient (Wildman–Crippen LogP) is 1.95. The first kappa shape index (κ1) is 21.0. The van der Waals surface area contributed by atoms with Crippen molar-refractivity contribution in [3.63, 3.8) is 0 Å². The van der Waals surface area contributed by atoms with Gasteiger partial charge < -0.3 is 24.3 Å². The predicted molar refractivity (Wildman–Crippen MR) is 116 cm³/mol. The minimum absolute atomic E-state index is 0.157. The molecule has 2 aliphatic rings. The van der Waals surface area contributed by atoms with E-state index in [0.29, 0.717) is 41.0 Å². The van der Waals surface area contributed by atoms with Crippen molar-refractivity contribution in [1.29, 1.82) is 0 Å². The van der Waals surface area contributed by atoms with Crippen LogP contribution in [0, 0.1) is 0 Å². The van der Waals surface area contributed by atoms with Crippen LogP contribution in [-0.2, 0) is 4.74 Å². The number of carbonyl (C=O) groups is 1. The van der Waals surface area contributed by atoms with E-state index in [1.54, 1.807) is 25.3 Å². The minimum atomic E-state index is -0.300. The summed E-state index contributed by atoms with van der Waals surface area (Å²) in [4.78, 5) is 19.8. The zero-order valence-electron chi connectivity index (χ0n) is 17.4. The Kier molecular flexibility index (Phi) is 6.85. The lowest BCUT2D eigenvalue weighted by Crippen LogP contribution is -2.39. The number of morpholine rings is 1. The SMILES string of the molecule is COc1ccccc1NC(=NCCN1CCOCC1)NC(=O)c1ccc2c(c1)OCO2. The third-order valence-electron chi connectivity index (χ3n) is 5.02. The quantitative estimate of drug-likeness (QED) is 0.539. The highest BCUT2D eigenvalue weighted by Gasteiger charge is 2.18. The average molecular weight is 426 g/mol. The molecule has 0 radical (unpaired) electrons. The molecule has 9 nitrogen and oxygen atoms in total. The Hall–Kier alpha value is -3.30. The number of ether oxygens (including phenoxy) is 4. The Morgan fingerprint density at radius 2 is 1.94 bits per heavy atom. The number of fused-ring (bicyclic) bond motifs is 1. The van der Waals surface area contributed by atoms with Crippen LogP contribution in [0.1, 0.15) is 10.4 Å². The zero-order chi connectivity index (χ0) is 21.5. The molecular weight excluding hydrogens is 400 g/mol. The van der Waals surface area contributed by atoms with E-state index < -0.39 is 0 Å². The topological polar surface area (TPSA) is 93.7 Å². The lowest BCUT2D eigenvalue weighted by molar-refractivity contribution is 0.0394. The maximum Gasteiger partial charge on any atom is 0.258 e. The molecule has 2 aromatic carbocycles. The number of anilines is 1. The van der Waals surface area contributed by atoms with Crippen molar-refractivity contribution in [3.8, 4) is 17.2 Å². The molecule has 0 saturated carbocycles. The van der Waals surface area contributed by atoms with Gasteiger partial charge in [-0.2, -0.15) is 0 Å². The molecular formula is C22H26N4O5. The summed E-state index contributed by atoms with van der Waals surface area (Å²) in [5, 5.41) is 6.05. The number of hydrogen-bond acceptors (Lipinski definition) is 7. The van der Waals surface area contributed by atoms with Crippen molar-refractivity contribution in [3.05, 3.63) is 48.0 Å². The Bertz CT molecular complexity index is 943. The van der Waals surface area contributed by atoms with E-state index in [0.717, 1.165) is 32.8 Å². The molecule has 0 unspecified atom stereocenters. The standard InChI is InChI=1S/C22H26N4O5/c1-28-18-5-3-2-4-17(18)24-22(23-8-9-26-10-12-29-13-11-26)25-21(27)16-6-7-19-20(14-16)31-15-30-19/h2-7,14H,8-13,15H2,1H3,(H2,23,24,25,27). The van der Waals surface area contributed by atoms with Crippen LogP contribution in [0.5, 0.6) is 17.2 Å². The highest BCUT2D eigenvalue weighted by molar-refractivity contribution is 6.10. The van der Waals surface area contributed by atoms with Gasteiger partial charge in [0.25, 0.3) is 5.91 Å². The molecule has 31 heavy (non-hydrogen) atoms. The lowest BCUT2D eigenvalue weighted by Gasteiger charge is -2.25. The molecule has 2 heterocycles. The highest BCUT2D eigenvalue weighted by atomic mass is 16.7. The molecule has 1 amide bonds. The number of guanidine groups is 1. The number of aliphatic imine (C=N–C) groups is 1. The third kappa shape index (κ3) is 5.44. The molecule has 4 rings (SSSR count). The van der Waals surface area contributed by atoms with E-state index in [9.17, 15) is 4.79 Å². The number of nitrogens with one attached hydrogen (secondary N) is 2. The molecule has 164 valence electrons. The van der Waals surface area contributed by atoms with Gasteiger partial charge in [0.1, 0.15) is 5.75 Å². The maximum absolute atomic E-state index is 12.9. The van der Waals surface area contributed by atoms with Gasteiger partial charge in [-0.15, -0.1) is 0 Å². The van der Waals surface area contributed by atoms with Gasteiger partial charge in [-0.25, -0.2) is 0 Å². The summed E-state index contributed by atoms with van der Waals surface area (Å²) in [6.07, 6.45) is 0. The Morgan fingerprint density at radius 3 is 2.77 bits per heavy atom. The lowest BCUT2D eigenvalue weighted by atomic mass is 10.2. The van der Waals surface area contributed by atoms with Crippen molar-refractivity contribution in [2.45, 2.75) is 0 Å². The first-order valence-corrected chi connectivity index (χ1v) is 10.2. The highest BCUT2D eigenvalue weighted by Crippen LogP contribution is 2.32. The molecule has 0 aliphatic carbocycles. The summed E-state index contributed by atoms with van der Waals surface area (Å²) in [5.74, 6) is 1.88. The normalized spacial score (nSPS) is 16.1. The van der Waals surface area contributed by atoms with E-state index in [-0.39, 0.29) is 12.7 Å². The fourth-order valence-corrected chi connectivity index (χ4v) is 3.33. The van der Waals surface area contributed by atoms with Gasteiger partial charge in [0.2, 0.25) is 12.8 Å². The first-order chi connectivity index (χ1) is 15.2. The van der Waals surface area contributed by atoms with Crippen LogP contribution in [0.4, 0.5) is 5.69 Å². The number of benzene rings is 2. The molecule has 0 atom stereocenters. The molecule has 2 aromatic rings. The van der Waals surface area contributed by atoms with Gasteiger partial charge in [0, 0.05) is 25.2 Å². The van der Waals surface area contributed by atoms with Crippen LogP contribution in [-0.4, -0.2) is 70.1 Å². The smallest absolute Gasteiger partial charge is 0.258 e. The molecule has 0 spiro atoms. The van der Waals surface area contributed by atoms with Crippen LogP contribution >= 0.6 is 0 Å². The zero-order valence-corrected chi connectivity index (χ0v) is 17.4. The number of methoxy groups -OCH3 is 1. The van der Waals surface area contributed by atoms with Crippen molar-refractivity contribution in [2.24, 2.45) is 4.99 Å². The average Bonchev–Trinajstić information content (AvgIpc) is 3.28. The molecule has 0 aromatic heterocycles. The molecule has 0 bridgehead atoms. The van der Waals surface area contributed by atoms with Gasteiger partial charge >= 0.3 is 0 Å². The molecule has 2 aliphatic heterocycles. The fraction of sp³-hybridized carbons (Fsp3) is 0.364. The molecule has 9 heteroatoms. The van der Waals surface area contributed by atoms with Crippen LogP contribution < -0.4 is 24.8 Å². The number of carbonyl (C=O) groups excluding carboxylic acids is 1. The maximum atomic E-state index is 12.9. The van der Waals surface area contributed by atoms with Gasteiger partial charge in [-0.05, 0) is 30.3 Å².